The third-order valence-electron chi connectivity index (χ3n) is 4.55. The van der Waals surface area contributed by atoms with E-state index in [1.165, 1.54) is 11.1 Å². The number of nitrogens with two attached hydrogens (primary N) is 2. The van der Waals surface area contributed by atoms with Gasteiger partial charge in [-0.2, -0.15) is 0 Å². The fourth-order valence-corrected chi connectivity index (χ4v) is 3.36. The Kier molecular flexibility index (Phi) is 3.77. The van der Waals surface area contributed by atoms with Crippen LogP contribution in [0.5, 0.6) is 0 Å². The zero-order chi connectivity index (χ0) is 17.4. The average Bonchev–Trinajstić information content (AvgIpc) is 2.60. The smallest absolute Gasteiger partial charge is 0.200 e. The van der Waals surface area contributed by atoms with Gasteiger partial charge in [0.1, 0.15) is 11.3 Å². The molecule has 0 unspecified atom stereocenters. The van der Waals surface area contributed by atoms with E-state index in [0.717, 1.165) is 40.7 Å². The fourth-order valence-electron chi connectivity index (χ4n) is 3.36. The summed E-state index contributed by atoms with van der Waals surface area (Å²) in [4.78, 5) is 0. The van der Waals surface area contributed by atoms with Gasteiger partial charge < -0.3 is 10.2 Å². The third-order valence-corrected chi connectivity index (χ3v) is 4.55. The van der Waals surface area contributed by atoms with Crippen LogP contribution in [0.1, 0.15) is 18.9 Å². The van der Waals surface area contributed by atoms with Crippen LogP contribution in [0.2, 0.25) is 0 Å². The highest BCUT2D eigenvalue weighted by molar-refractivity contribution is 6.02. The first-order valence-electron chi connectivity index (χ1n) is 8.59. The lowest BCUT2D eigenvalue weighted by atomic mass is 9.93. The second kappa shape index (κ2) is 6.10. The normalized spacial score (nSPS) is 11.2. The molecule has 2 aromatic rings. The van der Waals surface area contributed by atoms with Gasteiger partial charge in [0, 0.05) is 34.3 Å². The molecule has 0 saturated heterocycles. The topological polar surface area (TPSA) is 64.8 Å². The van der Waals surface area contributed by atoms with E-state index in [-0.39, 0.29) is 0 Å². The summed E-state index contributed by atoms with van der Waals surface area (Å²) < 4.78 is 6.07. The van der Waals surface area contributed by atoms with E-state index in [9.17, 15) is 0 Å². The highest BCUT2D eigenvalue weighted by atomic mass is 16.3. The largest absolute Gasteiger partial charge is 0.456 e. The number of hydrogen-bond donors (Lipinski definition) is 2. The van der Waals surface area contributed by atoms with Crippen molar-refractivity contribution in [3.63, 3.8) is 0 Å². The quantitative estimate of drug-likeness (QED) is 0.447. The Morgan fingerprint density at radius 1 is 0.960 bits per heavy atom. The summed E-state index contributed by atoms with van der Waals surface area (Å²) in [7, 11) is 0. The van der Waals surface area contributed by atoms with Crippen LogP contribution in [-0.4, -0.2) is 0 Å². The van der Waals surface area contributed by atoms with Gasteiger partial charge >= 0.3 is 0 Å². The molecule has 2 aromatic carbocycles. The van der Waals surface area contributed by atoms with Crippen LogP contribution < -0.4 is 16.5 Å². The standard InChI is InChI=1S/C22H20N2O/c1-2-3-14-4-6-15(7-5-14)22-18-10-8-16(23)12-20(18)25-21-13-17(24)9-11-19(21)22/h4-13,23H,2-3,24H2,1H3/p+1. The Balaban J connectivity index is 2.04. The Morgan fingerprint density at radius 2 is 1.76 bits per heavy atom. The van der Waals surface area contributed by atoms with Crippen molar-refractivity contribution >= 4 is 16.7 Å². The number of hydrogen-bond acceptors (Lipinski definition) is 2. The van der Waals surface area contributed by atoms with Gasteiger partial charge in [0.25, 0.3) is 0 Å². The molecule has 4 N–H and O–H groups in total. The summed E-state index contributed by atoms with van der Waals surface area (Å²) in [6.45, 7) is 2.20. The molecule has 1 heterocycles. The maximum Gasteiger partial charge on any atom is 0.200 e. The monoisotopic (exact) mass is 329 g/mol. The van der Waals surface area contributed by atoms with Crippen molar-refractivity contribution in [1.82, 2.24) is 0 Å². The van der Waals surface area contributed by atoms with Gasteiger partial charge in [0.15, 0.2) is 5.36 Å². The zero-order valence-corrected chi connectivity index (χ0v) is 14.3. The van der Waals surface area contributed by atoms with Gasteiger partial charge in [-0.15, -0.1) is 0 Å². The summed E-state index contributed by atoms with van der Waals surface area (Å²) in [6, 6.07) is 20.4. The second-order valence-corrected chi connectivity index (χ2v) is 6.44. The van der Waals surface area contributed by atoms with Gasteiger partial charge in [-0.25, -0.2) is 0 Å². The summed E-state index contributed by atoms with van der Waals surface area (Å²) in [6.07, 6.45) is 2.24. The molecule has 124 valence electrons. The van der Waals surface area contributed by atoms with Crippen molar-refractivity contribution < 1.29 is 9.83 Å². The van der Waals surface area contributed by atoms with E-state index in [1.807, 2.05) is 36.4 Å². The number of fused-ring (bicyclic) bond motifs is 2. The average molecular weight is 329 g/mol. The van der Waals surface area contributed by atoms with Gasteiger partial charge in [-0.1, -0.05) is 37.6 Å². The molecule has 1 aliphatic heterocycles. The van der Waals surface area contributed by atoms with Crippen LogP contribution >= 0.6 is 0 Å². The predicted molar refractivity (Wildman–Crippen MR) is 102 cm³/mol. The lowest BCUT2D eigenvalue weighted by Gasteiger charge is -2.15. The van der Waals surface area contributed by atoms with Crippen LogP contribution in [-0.2, 0) is 6.42 Å². The SMILES string of the molecule is CCCc1ccc(-c2c3ccc(=[NH2+])cc-3oc3cc(N)ccc23)cc1. The minimum Gasteiger partial charge on any atom is -0.456 e. The molecule has 2 aliphatic rings. The summed E-state index contributed by atoms with van der Waals surface area (Å²) in [5.41, 5.74) is 12.1. The first-order valence-corrected chi connectivity index (χ1v) is 8.59. The Morgan fingerprint density at radius 3 is 2.52 bits per heavy atom. The Hall–Kier alpha value is -3.07. The highest BCUT2D eigenvalue weighted by Crippen LogP contribution is 2.40. The van der Waals surface area contributed by atoms with E-state index in [4.69, 9.17) is 15.6 Å². The van der Waals surface area contributed by atoms with Crippen LogP contribution in [0.4, 0.5) is 5.69 Å². The molecular formula is C22H21N2O+. The second-order valence-electron chi connectivity index (χ2n) is 6.44. The first-order chi connectivity index (χ1) is 12.2. The van der Waals surface area contributed by atoms with Crippen molar-refractivity contribution in [2.24, 2.45) is 0 Å². The van der Waals surface area contributed by atoms with Crippen LogP contribution in [0.25, 0.3) is 33.4 Å². The molecular weight excluding hydrogens is 308 g/mol. The maximum atomic E-state index is 6.07. The van der Waals surface area contributed by atoms with Crippen LogP contribution in [0, 0.1) is 0 Å². The highest BCUT2D eigenvalue weighted by Gasteiger charge is 2.17. The molecule has 0 saturated carbocycles. The van der Waals surface area contributed by atoms with E-state index in [0.29, 0.717) is 11.0 Å². The number of aryl methyl sites for hydroxylation is 1. The molecule has 1 aliphatic carbocycles. The Bertz CT molecular complexity index is 1080. The molecule has 0 radical (unpaired) electrons. The van der Waals surface area contributed by atoms with Crippen molar-refractivity contribution in [3.05, 3.63) is 71.6 Å². The van der Waals surface area contributed by atoms with Gasteiger partial charge in [0.2, 0.25) is 0 Å². The molecule has 0 atom stereocenters. The van der Waals surface area contributed by atoms with Gasteiger partial charge in [0.05, 0.1) is 6.07 Å². The van der Waals surface area contributed by atoms with E-state index >= 15 is 0 Å². The van der Waals surface area contributed by atoms with Gasteiger partial charge in [-0.3, -0.25) is 5.41 Å². The molecule has 0 spiro atoms. The number of benzene rings is 3. The minimum absolute atomic E-state index is 0.684. The fraction of sp³-hybridized carbons (Fsp3) is 0.136. The lowest BCUT2D eigenvalue weighted by Crippen LogP contribution is -2.44. The van der Waals surface area contributed by atoms with Crippen molar-refractivity contribution in [2.75, 3.05) is 5.73 Å². The molecule has 3 nitrogen and oxygen atoms in total. The lowest BCUT2D eigenvalue weighted by molar-refractivity contribution is -0.172. The molecule has 25 heavy (non-hydrogen) atoms. The predicted octanol–water partition coefficient (Wildman–Crippen LogP) is 3.40. The van der Waals surface area contributed by atoms with Gasteiger partial charge in [-0.05, 0) is 35.7 Å². The summed E-state index contributed by atoms with van der Waals surface area (Å²) >= 11 is 0. The molecule has 0 fully saturated rings. The molecule has 0 amide bonds. The minimum atomic E-state index is 0.684. The summed E-state index contributed by atoms with van der Waals surface area (Å²) in [5, 5.41) is 7.69. The maximum absolute atomic E-state index is 6.07. The summed E-state index contributed by atoms with van der Waals surface area (Å²) in [5.74, 6) is 0.769. The van der Waals surface area contributed by atoms with E-state index < -0.39 is 0 Å². The molecule has 0 aromatic heterocycles. The first kappa shape index (κ1) is 15.5. The van der Waals surface area contributed by atoms with E-state index in [1.54, 1.807) is 0 Å². The number of rotatable bonds is 3. The van der Waals surface area contributed by atoms with E-state index in [2.05, 4.69) is 31.2 Å². The Labute approximate surface area is 146 Å². The van der Waals surface area contributed by atoms with Crippen molar-refractivity contribution in [1.29, 1.82) is 0 Å². The third kappa shape index (κ3) is 2.78. The van der Waals surface area contributed by atoms with Crippen LogP contribution in [0.3, 0.4) is 0 Å². The zero-order valence-electron chi connectivity index (χ0n) is 14.3. The van der Waals surface area contributed by atoms with Crippen LogP contribution in [0.15, 0.2) is 65.1 Å². The van der Waals surface area contributed by atoms with Crippen molar-refractivity contribution in [2.45, 2.75) is 19.8 Å². The molecule has 3 heteroatoms. The van der Waals surface area contributed by atoms with Crippen molar-refractivity contribution in [3.8, 4) is 22.5 Å². The molecule has 0 bridgehead atoms. The number of nitrogen functional groups attached to an aromatic ring is 1. The number of anilines is 1. The molecule has 4 rings (SSSR count).